The zero-order chi connectivity index (χ0) is 52.7. The van der Waals surface area contributed by atoms with E-state index in [4.69, 9.17) is 23.3 Å². The smallest absolute Gasteiger partial charge is 0.462 e. The van der Waals surface area contributed by atoms with Crippen molar-refractivity contribution in [1.82, 2.24) is 0 Å². The van der Waals surface area contributed by atoms with E-state index in [1.54, 1.807) is 0 Å². The van der Waals surface area contributed by atoms with Gasteiger partial charge < -0.3 is 24.2 Å². The summed E-state index contributed by atoms with van der Waals surface area (Å²) in [7, 11) is -4.76. The van der Waals surface area contributed by atoms with Crippen molar-refractivity contribution >= 4 is 25.7 Å². The quantitative estimate of drug-likeness (QED) is 0.0197. The molecule has 0 radical (unpaired) electrons. The SMILES string of the molecule is CC/C=C\C/C=C\C/C=C\C/C=C\CCCCC(=O)OC(COC(=O)CCCCCCCCCCC/C=C\C/C=C\CCCCC)COP(=O)(O)OCC(CO)OC(=O)CCCCCCCCCCCCC. The van der Waals surface area contributed by atoms with Gasteiger partial charge in [0.15, 0.2) is 6.10 Å². The van der Waals surface area contributed by atoms with Gasteiger partial charge in [-0.25, -0.2) is 4.57 Å². The number of hydrogen-bond acceptors (Lipinski definition) is 10. The molecule has 0 aliphatic heterocycles. The van der Waals surface area contributed by atoms with Crippen molar-refractivity contribution in [2.45, 2.75) is 264 Å². The number of carbonyl (C=O) groups excluding carboxylic acids is 3. The van der Waals surface area contributed by atoms with E-state index < -0.39 is 57.8 Å². The van der Waals surface area contributed by atoms with Crippen molar-refractivity contribution in [2.75, 3.05) is 26.4 Å². The number of ether oxygens (including phenoxy) is 3. The van der Waals surface area contributed by atoms with Gasteiger partial charge in [0.2, 0.25) is 0 Å². The first kappa shape index (κ1) is 68.9. The number of rotatable bonds is 53. The number of hydrogen-bond donors (Lipinski definition) is 2. The Morgan fingerprint density at radius 1 is 0.403 bits per heavy atom. The first-order valence-electron chi connectivity index (χ1n) is 28.8. The van der Waals surface area contributed by atoms with Gasteiger partial charge in [0.05, 0.1) is 19.8 Å². The van der Waals surface area contributed by atoms with Gasteiger partial charge in [-0.2, -0.15) is 0 Å². The highest BCUT2D eigenvalue weighted by Gasteiger charge is 2.28. The molecule has 2 N–H and O–H groups in total. The minimum atomic E-state index is -4.76. The maximum Gasteiger partial charge on any atom is 0.472 e. The van der Waals surface area contributed by atoms with Crippen LogP contribution in [-0.4, -0.2) is 66.5 Å². The van der Waals surface area contributed by atoms with Gasteiger partial charge in [0.1, 0.15) is 12.7 Å². The molecular weight excluding hydrogens is 928 g/mol. The fourth-order valence-electron chi connectivity index (χ4n) is 7.73. The summed E-state index contributed by atoms with van der Waals surface area (Å²) in [6.07, 6.45) is 60.1. The Balaban J connectivity index is 4.76. The zero-order valence-corrected chi connectivity index (χ0v) is 46.8. The maximum absolute atomic E-state index is 12.9. The molecular formula is C60H105O11P. The summed E-state index contributed by atoms with van der Waals surface area (Å²) < 4.78 is 39.4. The highest BCUT2D eigenvalue weighted by atomic mass is 31.2. The van der Waals surface area contributed by atoms with Crippen LogP contribution in [0.5, 0.6) is 0 Å². The fraction of sp³-hybridized carbons (Fsp3) is 0.750. The summed E-state index contributed by atoms with van der Waals surface area (Å²) in [6.45, 7) is 4.45. The fourth-order valence-corrected chi connectivity index (χ4v) is 8.51. The van der Waals surface area contributed by atoms with Crippen LogP contribution in [0, 0.1) is 0 Å². The van der Waals surface area contributed by atoms with Gasteiger partial charge in [-0.15, -0.1) is 0 Å². The highest BCUT2D eigenvalue weighted by molar-refractivity contribution is 7.47. The van der Waals surface area contributed by atoms with Gasteiger partial charge in [0.25, 0.3) is 0 Å². The topological polar surface area (TPSA) is 155 Å². The lowest BCUT2D eigenvalue weighted by Gasteiger charge is -2.21. The summed E-state index contributed by atoms with van der Waals surface area (Å²) in [5.41, 5.74) is 0. The average Bonchev–Trinajstić information content (AvgIpc) is 3.37. The minimum Gasteiger partial charge on any atom is -0.462 e. The first-order valence-corrected chi connectivity index (χ1v) is 30.3. The molecule has 0 spiro atoms. The number of esters is 3. The van der Waals surface area contributed by atoms with E-state index in [-0.39, 0.29) is 25.9 Å². The third-order valence-corrected chi connectivity index (χ3v) is 13.1. The number of phosphoric acid groups is 1. The molecule has 0 aromatic rings. The molecule has 0 heterocycles. The number of aliphatic hydroxyl groups is 1. The summed E-state index contributed by atoms with van der Waals surface area (Å²) in [6, 6.07) is 0. The highest BCUT2D eigenvalue weighted by Crippen LogP contribution is 2.43. The lowest BCUT2D eigenvalue weighted by atomic mass is 10.1. The Morgan fingerprint density at radius 3 is 1.17 bits per heavy atom. The van der Waals surface area contributed by atoms with Crippen LogP contribution in [0.25, 0.3) is 0 Å². The molecule has 0 aromatic heterocycles. The van der Waals surface area contributed by atoms with Crippen molar-refractivity contribution < 1.29 is 52.2 Å². The van der Waals surface area contributed by atoms with Gasteiger partial charge in [-0.1, -0.05) is 216 Å². The molecule has 3 unspecified atom stereocenters. The number of phosphoric ester groups is 1. The van der Waals surface area contributed by atoms with Crippen LogP contribution in [0.4, 0.5) is 0 Å². The van der Waals surface area contributed by atoms with Crippen LogP contribution >= 0.6 is 7.82 Å². The molecule has 0 bridgehead atoms. The monoisotopic (exact) mass is 1030 g/mol. The third kappa shape index (κ3) is 51.8. The van der Waals surface area contributed by atoms with Gasteiger partial charge in [0, 0.05) is 19.3 Å². The molecule has 0 aliphatic rings. The van der Waals surface area contributed by atoms with E-state index in [9.17, 15) is 28.9 Å². The third-order valence-electron chi connectivity index (χ3n) is 12.1. The Kier molecular flexibility index (Phi) is 51.9. The van der Waals surface area contributed by atoms with E-state index in [0.29, 0.717) is 19.3 Å². The molecule has 3 atom stereocenters. The number of carbonyl (C=O) groups is 3. The van der Waals surface area contributed by atoms with Crippen molar-refractivity contribution in [3.05, 3.63) is 72.9 Å². The van der Waals surface area contributed by atoms with Crippen LogP contribution in [0.2, 0.25) is 0 Å². The number of unbranched alkanes of at least 4 members (excludes halogenated alkanes) is 24. The number of allylic oxidation sites excluding steroid dienone is 12. The van der Waals surface area contributed by atoms with E-state index in [1.165, 1.54) is 103 Å². The van der Waals surface area contributed by atoms with Crippen molar-refractivity contribution in [3.63, 3.8) is 0 Å². The zero-order valence-electron chi connectivity index (χ0n) is 45.9. The molecule has 416 valence electrons. The predicted octanol–water partition coefficient (Wildman–Crippen LogP) is 16.9. The average molecular weight is 1030 g/mol. The van der Waals surface area contributed by atoms with Crippen molar-refractivity contribution in [2.24, 2.45) is 0 Å². The molecule has 72 heavy (non-hydrogen) atoms. The lowest BCUT2D eigenvalue weighted by Crippen LogP contribution is -2.30. The standard InChI is InChI=1S/C60H105O11P/c1-4-7-10-13-16-19-22-24-26-27-28-29-31-32-35-37-40-43-46-49-58(62)67-53-57(71-60(64)51-48-45-42-39-36-33-30-25-23-20-17-14-11-8-5-2)55-69-72(65,66)68-54-56(52-61)70-59(63)50-47-44-41-38-34-21-18-15-12-9-6-3/h8,11,16-17,19-20,24-26,30,36,39,56-57,61H,4-7,9-10,12-15,18,21-23,27-29,31-35,37-38,40-55H2,1-3H3,(H,65,66)/b11-8-,19-16-,20-17-,26-24-,30-25-,39-36-. The second kappa shape index (κ2) is 54.2. The Hall–Kier alpha value is -3.08. The minimum absolute atomic E-state index is 0.114. The molecule has 0 aliphatic carbocycles. The van der Waals surface area contributed by atoms with Gasteiger partial charge >= 0.3 is 25.7 Å². The van der Waals surface area contributed by atoms with Crippen LogP contribution in [0.15, 0.2) is 72.9 Å². The van der Waals surface area contributed by atoms with Crippen molar-refractivity contribution in [1.29, 1.82) is 0 Å². The predicted molar refractivity (Wildman–Crippen MR) is 298 cm³/mol. The Morgan fingerprint density at radius 2 is 0.722 bits per heavy atom. The molecule has 0 saturated carbocycles. The van der Waals surface area contributed by atoms with E-state index >= 15 is 0 Å². The van der Waals surface area contributed by atoms with E-state index in [0.717, 1.165) is 89.9 Å². The molecule has 12 heteroatoms. The summed E-state index contributed by atoms with van der Waals surface area (Å²) >= 11 is 0. The molecule has 0 aromatic carbocycles. The van der Waals surface area contributed by atoms with E-state index in [2.05, 4.69) is 93.7 Å². The summed E-state index contributed by atoms with van der Waals surface area (Å²) in [5, 5.41) is 9.79. The number of aliphatic hydroxyl groups excluding tert-OH is 1. The first-order chi connectivity index (χ1) is 35.2. The molecule has 0 saturated heterocycles. The van der Waals surface area contributed by atoms with Crippen LogP contribution in [0.3, 0.4) is 0 Å². The summed E-state index contributed by atoms with van der Waals surface area (Å²) in [5.74, 6) is -1.52. The Bertz CT molecular complexity index is 1490. The van der Waals surface area contributed by atoms with Crippen LogP contribution in [-0.2, 0) is 42.2 Å². The summed E-state index contributed by atoms with van der Waals surface area (Å²) in [4.78, 5) is 48.5. The molecule has 0 fully saturated rings. The molecule has 0 amide bonds. The second-order valence-electron chi connectivity index (χ2n) is 19.1. The largest absolute Gasteiger partial charge is 0.472 e. The maximum atomic E-state index is 12.9. The molecule has 0 rings (SSSR count). The van der Waals surface area contributed by atoms with Gasteiger partial charge in [-0.05, 0) is 89.9 Å². The van der Waals surface area contributed by atoms with Crippen LogP contribution in [0.1, 0.15) is 252 Å². The van der Waals surface area contributed by atoms with Crippen LogP contribution < -0.4 is 0 Å². The van der Waals surface area contributed by atoms with Crippen molar-refractivity contribution in [3.8, 4) is 0 Å². The Labute approximate surface area is 439 Å². The van der Waals surface area contributed by atoms with E-state index in [1.807, 2.05) is 0 Å². The second-order valence-corrected chi connectivity index (χ2v) is 20.5. The van der Waals surface area contributed by atoms with Gasteiger partial charge in [-0.3, -0.25) is 23.4 Å². The normalized spacial score (nSPS) is 13.9. The lowest BCUT2D eigenvalue weighted by molar-refractivity contribution is -0.161. The molecule has 11 nitrogen and oxygen atoms in total.